The van der Waals surface area contributed by atoms with Crippen LogP contribution in [0, 0.1) is 0 Å². The average Bonchev–Trinajstić information content (AvgIpc) is 3.12. The third kappa shape index (κ3) is 3.85. The monoisotopic (exact) mass is 352 g/mol. The first-order valence-corrected chi connectivity index (χ1v) is 8.64. The smallest absolute Gasteiger partial charge is 0.233 e. The van der Waals surface area contributed by atoms with Crippen molar-refractivity contribution < 1.29 is 9.53 Å². The molecule has 0 saturated carbocycles. The summed E-state index contributed by atoms with van der Waals surface area (Å²) in [5.74, 6) is 0.580. The molecule has 3 rings (SSSR count). The van der Waals surface area contributed by atoms with Gasteiger partial charge in [-0.05, 0) is 17.7 Å². The predicted molar refractivity (Wildman–Crippen MR) is 89.4 cm³/mol. The van der Waals surface area contributed by atoms with E-state index in [0.717, 1.165) is 11.3 Å². The number of amides is 1. The lowest BCUT2D eigenvalue weighted by molar-refractivity contribution is -0.128. The van der Waals surface area contributed by atoms with Gasteiger partial charge in [0.2, 0.25) is 5.91 Å². The number of carbonyl (C=O) groups excluding carboxylic acids is 1. The van der Waals surface area contributed by atoms with Gasteiger partial charge in [-0.2, -0.15) is 0 Å². The molecule has 122 valence electrons. The molecule has 2 aromatic rings. The quantitative estimate of drug-likeness (QED) is 0.797. The van der Waals surface area contributed by atoms with Gasteiger partial charge in [0, 0.05) is 18.7 Å². The molecule has 1 amide bonds. The molecule has 0 bridgehead atoms. The molecule has 1 aliphatic heterocycles. The van der Waals surface area contributed by atoms with Gasteiger partial charge in [0.05, 0.1) is 25.1 Å². The van der Waals surface area contributed by atoms with Crippen LogP contribution < -0.4 is 0 Å². The fraction of sp³-hybridized carbons (Fsp3) is 0.400. The number of benzene rings is 1. The van der Waals surface area contributed by atoms with Gasteiger partial charge in [0.15, 0.2) is 0 Å². The Kier molecular flexibility index (Phi) is 5.20. The maximum Gasteiger partial charge on any atom is 0.233 e. The van der Waals surface area contributed by atoms with Crippen LogP contribution in [0.4, 0.5) is 0 Å². The van der Waals surface area contributed by atoms with Gasteiger partial charge in [-0.1, -0.05) is 28.9 Å². The Labute approximate surface area is 143 Å². The minimum atomic E-state index is -0.0919. The number of aromatic nitrogens is 3. The number of hydrogen-bond acceptors (Lipinski definition) is 5. The van der Waals surface area contributed by atoms with E-state index in [-0.39, 0.29) is 11.3 Å². The van der Waals surface area contributed by atoms with Crippen LogP contribution in [-0.2, 0) is 16.1 Å². The van der Waals surface area contributed by atoms with Gasteiger partial charge in [-0.15, -0.1) is 16.9 Å². The van der Waals surface area contributed by atoms with Gasteiger partial charge in [0.25, 0.3) is 0 Å². The summed E-state index contributed by atoms with van der Waals surface area (Å²) in [6, 6.07) is 7.65. The van der Waals surface area contributed by atoms with Crippen LogP contribution in [0.5, 0.6) is 0 Å². The van der Waals surface area contributed by atoms with Crippen molar-refractivity contribution in [2.75, 3.05) is 26.0 Å². The third-order valence-electron chi connectivity index (χ3n) is 3.55. The Balaban J connectivity index is 1.72. The molecule has 0 radical (unpaired) electrons. The molecule has 1 saturated heterocycles. The van der Waals surface area contributed by atoms with Crippen molar-refractivity contribution in [1.82, 2.24) is 19.9 Å². The molecular formula is C15H17ClN4O2S. The summed E-state index contributed by atoms with van der Waals surface area (Å²) in [6.07, 6.45) is 1.89. The molecule has 2 heterocycles. The predicted octanol–water partition coefficient (Wildman–Crippen LogP) is 2.20. The molecule has 1 fully saturated rings. The highest BCUT2D eigenvalue weighted by Gasteiger charge is 2.34. The lowest BCUT2D eigenvalue weighted by Crippen LogP contribution is -2.31. The lowest BCUT2D eigenvalue weighted by Gasteiger charge is -2.21. The van der Waals surface area contributed by atoms with Crippen molar-refractivity contribution in [2.24, 2.45) is 0 Å². The molecule has 6 nitrogen and oxygen atoms in total. The SMILES string of the molecule is COCCN1C(=O)CS[C@H]1c1cn(Cc2cccc(Cl)c2)nn1. The molecule has 0 N–H and O–H groups in total. The normalized spacial score (nSPS) is 17.9. The van der Waals surface area contributed by atoms with Gasteiger partial charge in [-0.3, -0.25) is 4.79 Å². The molecule has 1 aromatic carbocycles. The van der Waals surface area contributed by atoms with Crippen LogP contribution >= 0.6 is 23.4 Å². The molecule has 1 atom stereocenters. The van der Waals surface area contributed by atoms with Crippen LogP contribution in [0.3, 0.4) is 0 Å². The van der Waals surface area contributed by atoms with E-state index in [1.807, 2.05) is 30.5 Å². The van der Waals surface area contributed by atoms with Crippen molar-refractivity contribution in [2.45, 2.75) is 11.9 Å². The minimum absolute atomic E-state index is 0.0919. The Morgan fingerprint density at radius 3 is 3.13 bits per heavy atom. The van der Waals surface area contributed by atoms with Crippen LogP contribution in [0.1, 0.15) is 16.6 Å². The van der Waals surface area contributed by atoms with Crippen molar-refractivity contribution in [3.8, 4) is 0 Å². The summed E-state index contributed by atoms with van der Waals surface area (Å²) in [7, 11) is 1.63. The standard InChI is InChI=1S/C15H17ClN4O2S/c1-22-6-5-20-14(21)10-23-15(20)13-9-19(18-17-13)8-11-3-2-4-12(16)7-11/h2-4,7,9,15H,5-6,8,10H2,1H3/t15-/m0/s1. The van der Waals surface area contributed by atoms with E-state index in [9.17, 15) is 4.79 Å². The molecule has 8 heteroatoms. The molecule has 1 aromatic heterocycles. The fourth-order valence-electron chi connectivity index (χ4n) is 2.46. The Bertz CT molecular complexity index is 694. The average molecular weight is 353 g/mol. The summed E-state index contributed by atoms with van der Waals surface area (Å²) in [6.45, 7) is 1.67. The highest BCUT2D eigenvalue weighted by atomic mass is 35.5. The number of methoxy groups -OCH3 is 1. The van der Waals surface area contributed by atoms with E-state index in [4.69, 9.17) is 16.3 Å². The minimum Gasteiger partial charge on any atom is -0.383 e. The first-order chi connectivity index (χ1) is 11.2. The van der Waals surface area contributed by atoms with Crippen LogP contribution in [0.25, 0.3) is 0 Å². The van der Waals surface area contributed by atoms with Crippen LogP contribution in [0.15, 0.2) is 30.5 Å². The van der Waals surface area contributed by atoms with E-state index in [2.05, 4.69) is 10.3 Å². The van der Waals surface area contributed by atoms with Crippen LogP contribution in [-0.4, -0.2) is 51.8 Å². The van der Waals surface area contributed by atoms with Crippen molar-refractivity contribution in [1.29, 1.82) is 0 Å². The van der Waals surface area contributed by atoms with E-state index in [1.54, 1.807) is 28.5 Å². The Hall–Kier alpha value is -1.57. The summed E-state index contributed by atoms with van der Waals surface area (Å²) < 4.78 is 6.84. The molecule has 0 aliphatic carbocycles. The topological polar surface area (TPSA) is 60.2 Å². The van der Waals surface area contributed by atoms with Gasteiger partial charge >= 0.3 is 0 Å². The fourth-order valence-corrected chi connectivity index (χ4v) is 3.82. The second-order valence-corrected chi connectivity index (χ2v) is 6.72. The second-order valence-electron chi connectivity index (χ2n) is 5.21. The number of rotatable bonds is 6. The lowest BCUT2D eigenvalue weighted by atomic mass is 10.2. The number of ether oxygens (including phenoxy) is 1. The maximum atomic E-state index is 12.0. The van der Waals surface area contributed by atoms with E-state index in [0.29, 0.717) is 30.5 Å². The zero-order valence-corrected chi connectivity index (χ0v) is 14.3. The Morgan fingerprint density at radius 2 is 2.35 bits per heavy atom. The maximum absolute atomic E-state index is 12.0. The first kappa shape index (κ1) is 16.3. The number of thioether (sulfide) groups is 1. The van der Waals surface area contributed by atoms with Crippen molar-refractivity contribution >= 4 is 29.3 Å². The molecule has 1 aliphatic rings. The second kappa shape index (κ2) is 7.33. The zero-order chi connectivity index (χ0) is 16.2. The number of nitrogens with zero attached hydrogens (tertiary/aromatic N) is 4. The van der Waals surface area contributed by atoms with Gasteiger partial charge in [-0.25, -0.2) is 4.68 Å². The van der Waals surface area contributed by atoms with Crippen molar-refractivity contribution in [3.05, 3.63) is 46.7 Å². The van der Waals surface area contributed by atoms with E-state index < -0.39 is 0 Å². The van der Waals surface area contributed by atoms with E-state index in [1.165, 1.54) is 0 Å². The molecule has 23 heavy (non-hydrogen) atoms. The van der Waals surface area contributed by atoms with Crippen molar-refractivity contribution in [3.63, 3.8) is 0 Å². The summed E-state index contributed by atoms with van der Waals surface area (Å²) in [5.41, 5.74) is 1.85. The zero-order valence-electron chi connectivity index (χ0n) is 12.7. The largest absolute Gasteiger partial charge is 0.383 e. The molecule has 0 unspecified atom stereocenters. The van der Waals surface area contributed by atoms with Crippen LogP contribution in [0.2, 0.25) is 5.02 Å². The first-order valence-electron chi connectivity index (χ1n) is 7.22. The van der Waals surface area contributed by atoms with Gasteiger partial charge < -0.3 is 9.64 Å². The summed E-state index contributed by atoms with van der Waals surface area (Å²) >= 11 is 7.57. The van der Waals surface area contributed by atoms with E-state index >= 15 is 0 Å². The summed E-state index contributed by atoms with van der Waals surface area (Å²) in [5, 5.41) is 9.01. The number of carbonyl (C=O) groups is 1. The Morgan fingerprint density at radius 1 is 1.48 bits per heavy atom. The van der Waals surface area contributed by atoms with Gasteiger partial charge in [0.1, 0.15) is 11.1 Å². The molecule has 0 spiro atoms. The highest BCUT2D eigenvalue weighted by Crippen LogP contribution is 2.37. The number of halogens is 1. The summed E-state index contributed by atoms with van der Waals surface area (Å²) in [4.78, 5) is 13.8. The third-order valence-corrected chi connectivity index (χ3v) is 5.01. The molecular weight excluding hydrogens is 336 g/mol. The highest BCUT2D eigenvalue weighted by molar-refractivity contribution is 8.00. The number of hydrogen-bond donors (Lipinski definition) is 0.